The van der Waals surface area contributed by atoms with Gasteiger partial charge in [0.2, 0.25) is 5.96 Å². The molecule has 19 heavy (non-hydrogen) atoms. The maximum absolute atomic E-state index is 5.60. The van der Waals surface area contributed by atoms with Gasteiger partial charge < -0.3 is 20.9 Å². The molecule has 6 heteroatoms. The number of ether oxygens (including phenoxy) is 2. The van der Waals surface area contributed by atoms with Gasteiger partial charge in [0.1, 0.15) is 0 Å². The molecule has 0 amide bonds. The van der Waals surface area contributed by atoms with Crippen molar-refractivity contribution >= 4 is 12.2 Å². The van der Waals surface area contributed by atoms with Gasteiger partial charge in [0, 0.05) is 0 Å². The lowest BCUT2D eigenvalue weighted by Crippen LogP contribution is -2.21. The summed E-state index contributed by atoms with van der Waals surface area (Å²) in [4.78, 5) is 0. The maximum Gasteiger partial charge on any atom is 0.211 e. The van der Waals surface area contributed by atoms with Gasteiger partial charge in [-0.25, -0.2) is 0 Å². The van der Waals surface area contributed by atoms with E-state index in [-0.39, 0.29) is 5.96 Å². The topological polar surface area (TPSA) is 95.2 Å². The Morgan fingerprint density at radius 3 is 2.63 bits per heavy atom. The fourth-order valence-electron chi connectivity index (χ4n) is 1.37. The smallest absolute Gasteiger partial charge is 0.211 e. The maximum atomic E-state index is 5.60. The molecule has 0 heterocycles. The number of hydrogen-bond donors (Lipinski definition) is 2. The van der Waals surface area contributed by atoms with Crippen molar-refractivity contribution < 1.29 is 9.47 Å². The molecule has 0 radical (unpaired) electrons. The SMILES string of the molecule is CCCOc1ccc(/C=N/N=C(N)N)cc1OCC. The van der Waals surface area contributed by atoms with E-state index in [4.69, 9.17) is 20.9 Å². The van der Waals surface area contributed by atoms with Gasteiger partial charge in [-0.2, -0.15) is 5.10 Å². The summed E-state index contributed by atoms with van der Waals surface area (Å²) in [7, 11) is 0. The Morgan fingerprint density at radius 1 is 1.21 bits per heavy atom. The molecular weight excluding hydrogens is 244 g/mol. The zero-order valence-electron chi connectivity index (χ0n) is 11.3. The van der Waals surface area contributed by atoms with E-state index in [9.17, 15) is 0 Å². The normalized spacial score (nSPS) is 10.4. The van der Waals surface area contributed by atoms with Crippen molar-refractivity contribution in [3.05, 3.63) is 23.8 Å². The zero-order chi connectivity index (χ0) is 14.1. The largest absolute Gasteiger partial charge is 0.490 e. The van der Waals surface area contributed by atoms with E-state index in [1.807, 2.05) is 25.1 Å². The third-order valence-corrected chi connectivity index (χ3v) is 2.11. The predicted octanol–water partition coefficient (Wildman–Crippen LogP) is 1.48. The first kappa shape index (κ1) is 14.8. The van der Waals surface area contributed by atoms with E-state index < -0.39 is 0 Å². The minimum Gasteiger partial charge on any atom is -0.490 e. The van der Waals surface area contributed by atoms with Gasteiger partial charge in [-0.3, -0.25) is 0 Å². The van der Waals surface area contributed by atoms with Crippen LogP contribution in [-0.4, -0.2) is 25.4 Å². The van der Waals surface area contributed by atoms with Gasteiger partial charge in [0.15, 0.2) is 11.5 Å². The molecule has 6 nitrogen and oxygen atoms in total. The Labute approximate surface area is 113 Å². The van der Waals surface area contributed by atoms with E-state index in [1.165, 1.54) is 0 Å². The van der Waals surface area contributed by atoms with Gasteiger partial charge in [0.05, 0.1) is 19.4 Å². The van der Waals surface area contributed by atoms with Gasteiger partial charge in [-0.15, -0.1) is 5.10 Å². The molecule has 0 unspecified atom stereocenters. The Bertz CT molecular complexity index is 454. The fraction of sp³-hybridized carbons (Fsp3) is 0.385. The molecule has 4 N–H and O–H groups in total. The average Bonchev–Trinajstić information content (AvgIpc) is 2.38. The highest BCUT2D eigenvalue weighted by molar-refractivity contribution is 5.82. The first-order valence-corrected chi connectivity index (χ1v) is 6.19. The van der Waals surface area contributed by atoms with Crippen molar-refractivity contribution in [3.63, 3.8) is 0 Å². The minimum absolute atomic E-state index is 0.0795. The van der Waals surface area contributed by atoms with Gasteiger partial charge in [-0.1, -0.05) is 6.92 Å². The lowest BCUT2D eigenvalue weighted by molar-refractivity contribution is 0.277. The predicted molar refractivity (Wildman–Crippen MR) is 76.8 cm³/mol. The van der Waals surface area contributed by atoms with Crippen LogP contribution in [-0.2, 0) is 0 Å². The molecule has 0 saturated heterocycles. The highest BCUT2D eigenvalue weighted by Gasteiger charge is 2.05. The Hall–Kier alpha value is -2.24. The molecule has 0 bridgehead atoms. The average molecular weight is 264 g/mol. The van der Waals surface area contributed by atoms with Crippen molar-refractivity contribution in [2.24, 2.45) is 21.7 Å². The first-order valence-electron chi connectivity index (χ1n) is 6.19. The summed E-state index contributed by atoms with van der Waals surface area (Å²) in [6.45, 7) is 5.19. The number of hydrogen-bond acceptors (Lipinski definition) is 4. The summed E-state index contributed by atoms with van der Waals surface area (Å²) in [6.07, 6.45) is 2.49. The second-order valence-electron chi connectivity index (χ2n) is 3.76. The molecule has 1 rings (SSSR count). The third-order valence-electron chi connectivity index (χ3n) is 2.11. The summed E-state index contributed by atoms with van der Waals surface area (Å²) >= 11 is 0. The first-order chi connectivity index (χ1) is 9.17. The molecule has 0 aliphatic carbocycles. The molecule has 0 spiro atoms. The molecule has 0 aromatic heterocycles. The number of nitrogens with two attached hydrogens (primary N) is 2. The van der Waals surface area contributed by atoms with Crippen LogP contribution in [0.4, 0.5) is 0 Å². The number of benzene rings is 1. The van der Waals surface area contributed by atoms with Crippen molar-refractivity contribution in [2.45, 2.75) is 20.3 Å². The molecule has 0 fully saturated rings. The summed E-state index contributed by atoms with van der Waals surface area (Å²) in [5, 5.41) is 7.29. The summed E-state index contributed by atoms with van der Waals surface area (Å²) < 4.78 is 11.1. The van der Waals surface area contributed by atoms with Gasteiger partial charge >= 0.3 is 0 Å². The van der Waals surface area contributed by atoms with E-state index in [0.717, 1.165) is 17.7 Å². The molecule has 1 aromatic carbocycles. The highest BCUT2D eigenvalue weighted by Crippen LogP contribution is 2.28. The quantitative estimate of drug-likeness (QED) is 0.443. The molecule has 0 saturated carbocycles. The van der Waals surface area contributed by atoms with Crippen molar-refractivity contribution in [1.82, 2.24) is 0 Å². The zero-order valence-corrected chi connectivity index (χ0v) is 11.3. The molecule has 0 atom stereocenters. The van der Waals surface area contributed by atoms with Gasteiger partial charge in [-0.05, 0) is 37.1 Å². The lowest BCUT2D eigenvalue weighted by atomic mass is 10.2. The molecule has 1 aromatic rings. The van der Waals surface area contributed by atoms with Crippen LogP contribution in [0.25, 0.3) is 0 Å². The van der Waals surface area contributed by atoms with E-state index in [2.05, 4.69) is 17.1 Å². The lowest BCUT2D eigenvalue weighted by Gasteiger charge is -2.11. The van der Waals surface area contributed by atoms with Crippen LogP contribution in [0.5, 0.6) is 11.5 Å². The number of guanidine groups is 1. The molecule has 0 aliphatic heterocycles. The Kier molecular flexibility index (Phi) is 6.21. The Balaban J connectivity index is 2.88. The summed E-state index contributed by atoms with van der Waals surface area (Å²) in [5.41, 5.74) is 11.2. The van der Waals surface area contributed by atoms with Crippen molar-refractivity contribution in [1.29, 1.82) is 0 Å². The fourth-order valence-corrected chi connectivity index (χ4v) is 1.37. The summed E-state index contributed by atoms with van der Waals surface area (Å²) in [6, 6.07) is 5.54. The second-order valence-corrected chi connectivity index (χ2v) is 3.76. The van der Waals surface area contributed by atoms with Crippen LogP contribution in [0.1, 0.15) is 25.8 Å². The number of rotatable bonds is 7. The van der Waals surface area contributed by atoms with E-state index in [1.54, 1.807) is 6.21 Å². The van der Waals surface area contributed by atoms with E-state index in [0.29, 0.717) is 19.0 Å². The third kappa shape index (κ3) is 5.29. The molecule has 104 valence electrons. The van der Waals surface area contributed by atoms with Crippen LogP contribution in [0, 0.1) is 0 Å². The second kappa shape index (κ2) is 7.97. The van der Waals surface area contributed by atoms with E-state index >= 15 is 0 Å². The van der Waals surface area contributed by atoms with Crippen LogP contribution in [0.2, 0.25) is 0 Å². The monoisotopic (exact) mass is 264 g/mol. The van der Waals surface area contributed by atoms with Crippen molar-refractivity contribution in [2.75, 3.05) is 13.2 Å². The summed E-state index contributed by atoms with van der Waals surface area (Å²) in [5.74, 6) is 1.33. The number of nitrogens with zero attached hydrogens (tertiary/aromatic N) is 2. The van der Waals surface area contributed by atoms with Crippen LogP contribution >= 0.6 is 0 Å². The van der Waals surface area contributed by atoms with Gasteiger partial charge in [0.25, 0.3) is 0 Å². The van der Waals surface area contributed by atoms with Crippen LogP contribution in [0.15, 0.2) is 28.4 Å². The molecular formula is C13H20N4O2. The minimum atomic E-state index is -0.0795. The Morgan fingerprint density at radius 2 is 2.00 bits per heavy atom. The van der Waals surface area contributed by atoms with Crippen molar-refractivity contribution in [3.8, 4) is 11.5 Å². The van der Waals surface area contributed by atoms with Crippen LogP contribution in [0.3, 0.4) is 0 Å². The molecule has 0 aliphatic rings. The van der Waals surface area contributed by atoms with Crippen LogP contribution < -0.4 is 20.9 Å². The standard InChI is InChI=1S/C13H20N4O2/c1-3-7-19-11-6-5-10(8-12(11)18-4-2)9-16-17-13(14)15/h5-6,8-9H,3-4,7H2,1-2H3,(H4,14,15,17)/b16-9+. The highest BCUT2D eigenvalue weighted by atomic mass is 16.5.